The molecular formula is C29H38N2O5. The van der Waals surface area contributed by atoms with E-state index in [4.69, 9.17) is 9.47 Å². The SMILES string of the molecule is CCc1ccc(Cn2c(O)c(CCCc3ccc(OC(C)(C)C(=O)OC(C)(C)C)cc3)[nH]c2=O)cc1. The number of hydrogen-bond donors (Lipinski definition) is 2. The number of imidazole rings is 1. The fraction of sp³-hybridized carbons (Fsp3) is 0.448. The molecule has 0 unspecified atom stereocenters. The van der Waals surface area contributed by atoms with Crippen molar-refractivity contribution < 1.29 is 19.4 Å². The van der Waals surface area contributed by atoms with E-state index in [0.717, 1.165) is 30.4 Å². The molecule has 3 rings (SSSR count). The largest absolute Gasteiger partial charge is 0.493 e. The molecule has 1 aromatic heterocycles. The monoisotopic (exact) mass is 494 g/mol. The Balaban J connectivity index is 1.55. The van der Waals surface area contributed by atoms with Gasteiger partial charge in [0.25, 0.3) is 0 Å². The molecule has 2 aromatic carbocycles. The number of aryl methyl sites for hydroxylation is 3. The molecular weight excluding hydrogens is 456 g/mol. The molecule has 0 aliphatic carbocycles. The molecule has 0 saturated carbocycles. The molecule has 2 N–H and O–H groups in total. The van der Waals surface area contributed by atoms with Crippen molar-refractivity contribution in [3.63, 3.8) is 0 Å². The normalized spacial score (nSPS) is 11.9. The summed E-state index contributed by atoms with van der Waals surface area (Å²) in [6.45, 7) is 11.3. The molecule has 0 bridgehead atoms. The first-order chi connectivity index (χ1) is 16.9. The Labute approximate surface area is 213 Å². The van der Waals surface area contributed by atoms with Crippen molar-refractivity contribution in [3.8, 4) is 11.6 Å². The van der Waals surface area contributed by atoms with Crippen molar-refractivity contribution in [2.24, 2.45) is 0 Å². The molecule has 0 fully saturated rings. The van der Waals surface area contributed by atoms with Crippen molar-refractivity contribution in [1.29, 1.82) is 0 Å². The lowest BCUT2D eigenvalue weighted by molar-refractivity contribution is -0.170. The van der Waals surface area contributed by atoms with Crippen LogP contribution in [0.15, 0.2) is 53.3 Å². The number of H-pyrrole nitrogens is 1. The van der Waals surface area contributed by atoms with Crippen LogP contribution < -0.4 is 10.4 Å². The second-order valence-corrected chi connectivity index (χ2v) is 10.6. The summed E-state index contributed by atoms with van der Waals surface area (Å²) in [5.74, 6) is 0.158. The highest BCUT2D eigenvalue weighted by atomic mass is 16.6. The number of carbonyl (C=O) groups excluding carboxylic acids is 1. The summed E-state index contributed by atoms with van der Waals surface area (Å²) in [6.07, 6.45) is 3.02. The van der Waals surface area contributed by atoms with Gasteiger partial charge in [-0.1, -0.05) is 43.3 Å². The number of nitrogens with zero attached hydrogens (tertiary/aromatic N) is 1. The molecule has 36 heavy (non-hydrogen) atoms. The first-order valence-corrected chi connectivity index (χ1v) is 12.5. The second kappa shape index (κ2) is 11.1. The minimum Gasteiger partial charge on any atom is -0.493 e. The van der Waals surface area contributed by atoms with E-state index in [1.54, 1.807) is 13.8 Å². The molecule has 0 aliphatic rings. The Morgan fingerprint density at radius 2 is 1.50 bits per heavy atom. The quantitative estimate of drug-likeness (QED) is 0.380. The fourth-order valence-electron chi connectivity index (χ4n) is 3.83. The van der Waals surface area contributed by atoms with Crippen LogP contribution in [0.2, 0.25) is 0 Å². The third kappa shape index (κ3) is 7.26. The molecule has 7 nitrogen and oxygen atoms in total. The highest BCUT2D eigenvalue weighted by Crippen LogP contribution is 2.23. The van der Waals surface area contributed by atoms with Gasteiger partial charge < -0.3 is 19.6 Å². The van der Waals surface area contributed by atoms with Crippen molar-refractivity contribution in [1.82, 2.24) is 9.55 Å². The van der Waals surface area contributed by atoms with Gasteiger partial charge in [-0.2, -0.15) is 0 Å². The lowest BCUT2D eigenvalue weighted by Crippen LogP contribution is -2.43. The maximum Gasteiger partial charge on any atom is 0.350 e. The van der Waals surface area contributed by atoms with Crippen LogP contribution in [-0.2, 0) is 35.3 Å². The smallest absolute Gasteiger partial charge is 0.350 e. The number of benzene rings is 2. The molecule has 0 aliphatic heterocycles. The van der Waals surface area contributed by atoms with Gasteiger partial charge >= 0.3 is 11.7 Å². The molecule has 0 atom stereocenters. The predicted octanol–water partition coefficient (Wildman–Crippen LogP) is 5.17. The Hall–Kier alpha value is -3.48. The summed E-state index contributed by atoms with van der Waals surface area (Å²) in [7, 11) is 0. The summed E-state index contributed by atoms with van der Waals surface area (Å²) >= 11 is 0. The van der Waals surface area contributed by atoms with Crippen LogP contribution in [-0.4, -0.2) is 31.8 Å². The van der Waals surface area contributed by atoms with Gasteiger partial charge in [0, 0.05) is 0 Å². The van der Waals surface area contributed by atoms with Gasteiger partial charge in [-0.3, -0.25) is 4.57 Å². The van der Waals surface area contributed by atoms with Crippen LogP contribution in [0.4, 0.5) is 0 Å². The van der Waals surface area contributed by atoms with Gasteiger partial charge in [0.2, 0.25) is 5.88 Å². The zero-order valence-corrected chi connectivity index (χ0v) is 22.2. The standard InChI is InChI=1S/C29H38N2O5/c1-7-20-11-13-22(14-12-20)19-31-25(32)24(30-27(31)34)10-8-9-21-15-17-23(18-16-21)35-29(5,6)26(33)36-28(2,3)4/h11-18,32H,7-10,19H2,1-6H3,(H,30,34). The predicted molar refractivity (Wildman–Crippen MR) is 141 cm³/mol. The lowest BCUT2D eigenvalue weighted by atomic mass is 10.1. The Bertz CT molecular complexity index is 1210. The van der Waals surface area contributed by atoms with Gasteiger partial charge in [-0.25, -0.2) is 9.59 Å². The summed E-state index contributed by atoms with van der Waals surface area (Å²) in [4.78, 5) is 27.6. The van der Waals surface area contributed by atoms with Crippen LogP contribution in [0, 0.1) is 0 Å². The fourth-order valence-corrected chi connectivity index (χ4v) is 3.83. The van der Waals surface area contributed by atoms with E-state index in [-0.39, 0.29) is 11.6 Å². The maximum absolute atomic E-state index is 12.4. The average molecular weight is 495 g/mol. The van der Waals surface area contributed by atoms with Gasteiger partial charge in [-0.15, -0.1) is 0 Å². The minimum absolute atomic E-state index is 0.00677. The minimum atomic E-state index is -1.11. The van der Waals surface area contributed by atoms with E-state index in [2.05, 4.69) is 11.9 Å². The van der Waals surface area contributed by atoms with Gasteiger partial charge in [-0.05, 0) is 89.1 Å². The van der Waals surface area contributed by atoms with Gasteiger partial charge in [0.05, 0.1) is 12.2 Å². The Morgan fingerprint density at radius 1 is 0.917 bits per heavy atom. The maximum atomic E-state index is 12.4. The number of nitrogens with one attached hydrogen (secondary N) is 1. The van der Waals surface area contributed by atoms with Crippen LogP contribution in [0.5, 0.6) is 11.6 Å². The molecule has 7 heteroatoms. The van der Waals surface area contributed by atoms with Crippen molar-refractivity contribution in [2.45, 2.75) is 85.0 Å². The molecule has 194 valence electrons. The van der Waals surface area contributed by atoms with E-state index in [0.29, 0.717) is 24.4 Å². The number of carbonyl (C=O) groups is 1. The van der Waals surface area contributed by atoms with Crippen LogP contribution in [0.25, 0.3) is 0 Å². The summed E-state index contributed by atoms with van der Waals surface area (Å²) in [5.41, 5.74) is 1.84. The number of aromatic nitrogens is 2. The number of rotatable bonds is 10. The van der Waals surface area contributed by atoms with E-state index in [1.165, 1.54) is 10.1 Å². The van der Waals surface area contributed by atoms with E-state index in [9.17, 15) is 14.7 Å². The number of aromatic hydroxyl groups is 1. The average Bonchev–Trinajstić information content (AvgIpc) is 3.07. The zero-order chi connectivity index (χ0) is 26.5. The number of hydrogen-bond acceptors (Lipinski definition) is 5. The molecule has 1 heterocycles. The number of aromatic amines is 1. The third-order valence-corrected chi connectivity index (χ3v) is 5.88. The topological polar surface area (TPSA) is 93.5 Å². The van der Waals surface area contributed by atoms with Crippen molar-refractivity contribution >= 4 is 5.97 Å². The summed E-state index contributed by atoms with van der Waals surface area (Å²) in [6, 6.07) is 15.6. The van der Waals surface area contributed by atoms with Crippen LogP contribution in [0.3, 0.4) is 0 Å². The molecule has 0 amide bonds. The molecule has 0 radical (unpaired) electrons. The first-order valence-electron chi connectivity index (χ1n) is 12.5. The van der Waals surface area contributed by atoms with Crippen LogP contribution in [0.1, 0.15) is 70.3 Å². The van der Waals surface area contributed by atoms with Crippen LogP contribution >= 0.6 is 0 Å². The Kier molecular flexibility index (Phi) is 8.33. The van der Waals surface area contributed by atoms with Crippen molar-refractivity contribution in [3.05, 3.63) is 81.4 Å². The first kappa shape index (κ1) is 27.1. The number of esters is 1. The Morgan fingerprint density at radius 3 is 2.08 bits per heavy atom. The highest BCUT2D eigenvalue weighted by Gasteiger charge is 2.34. The van der Waals surface area contributed by atoms with E-state index in [1.807, 2.05) is 69.3 Å². The summed E-state index contributed by atoms with van der Waals surface area (Å²) in [5, 5.41) is 10.6. The third-order valence-electron chi connectivity index (χ3n) is 5.88. The second-order valence-electron chi connectivity index (χ2n) is 10.6. The van der Waals surface area contributed by atoms with E-state index < -0.39 is 17.2 Å². The van der Waals surface area contributed by atoms with E-state index >= 15 is 0 Å². The van der Waals surface area contributed by atoms with Gasteiger partial charge in [0.15, 0.2) is 5.60 Å². The number of ether oxygens (including phenoxy) is 2. The highest BCUT2D eigenvalue weighted by molar-refractivity contribution is 5.79. The molecule has 0 spiro atoms. The lowest BCUT2D eigenvalue weighted by Gasteiger charge is -2.29. The van der Waals surface area contributed by atoms with Gasteiger partial charge in [0.1, 0.15) is 11.4 Å². The summed E-state index contributed by atoms with van der Waals surface area (Å²) < 4.78 is 12.7. The van der Waals surface area contributed by atoms with Crippen molar-refractivity contribution in [2.75, 3.05) is 0 Å². The molecule has 3 aromatic rings. The zero-order valence-electron chi connectivity index (χ0n) is 22.2. The molecule has 0 saturated heterocycles.